The topological polar surface area (TPSA) is 31.2 Å². The van der Waals surface area contributed by atoms with E-state index in [4.69, 9.17) is 0 Å². The van der Waals surface area contributed by atoms with Crippen molar-refractivity contribution in [1.82, 2.24) is 10.0 Å². The van der Waals surface area contributed by atoms with Crippen LogP contribution in [-0.4, -0.2) is 30.3 Å². The minimum Gasteiger partial charge on any atom is -0.256 e. The van der Waals surface area contributed by atoms with Gasteiger partial charge in [-0.05, 0) is 6.92 Å². The molecule has 0 N–H and O–H groups in total. The fraction of sp³-hybridized carbons (Fsp3) is 0.714. The van der Waals surface area contributed by atoms with Gasteiger partial charge < -0.3 is 0 Å². The molecule has 0 aromatic carbocycles. The molecule has 0 saturated heterocycles. The van der Waals surface area contributed by atoms with Crippen LogP contribution in [0.5, 0.6) is 0 Å². The summed E-state index contributed by atoms with van der Waals surface area (Å²) < 4.78 is 0. The Bertz CT molecular complexity index is 163. The van der Waals surface area contributed by atoms with Crippen LogP contribution in [0.3, 0.4) is 0 Å². The van der Waals surface area contributed by atoms with E-state index < -0.39 is 0 Å². The van der Waals surface area contributed by atoms with Crippen molar-refractivity contribution in [2.45, 2.75) is 19.5 Å². The molecule has 1 aliphatic rings. The highest BCUT2D eigenvalue weighted by Crippen LogP contribution is 2.15. The highest BCUT2D eigenvalue weighted by Gasteiger charge is 2.21. The van der Waals surface area contributed by atoms with Crippen LogP contribution in [0.1, 0.15) is 13.3 Å². The smallest absolute Gasteiger partial charge is 0.140 e. The zero-order chi connectivity index (χ0) is 8.27. The average Bonchev–Trinajstić information content (AvgIpc) is 2.29. The van der Waals surface area contributed by atoms with E-state index in [0.29, 0.717) is 6.17 Å². The molecule has 0 unspecified atom stereocenters. The van der Waals surface area contributed by atoms with Gasteiger partial charge in [0.1, 0.15) is 6.17 Å². The van der Waals surface area contributed by atoms with Crippen LogP contribution in [0.4, 0.5) is 0 Å². The predicted molar refractivity (Wildman–Crippen MR) is 43.6 cm³/mol. The van der Waals surface area contributed by atoms with Crippen molar-refractivity contribution < 1.29 is 0 Å². The van der Waals surface area contributed by atoms with Crippen LogP contribution in [0.25, 0.3) is 0 Å². The van der Waals surface area contributed by atoms with Crippen LogP contribution >= 0.6 is 0 Å². The van der Waals surface area contributed by atoms with Crippen molar-refractivity contribution in [2.24, 2.45) is 10.4 Å². The van der Waals surface area contributed by atoms with Crippen LogP contribution in [-0.2, 0) is 0 Å². The highest BCUT2D eigenvalue weighted by molar-refractivity contribution is 4.83. The maximum absolute atomic E-state index is 3.90. The summed E-state index contributed by atoms with van der Waals surface area (Å²) in [7, 11) is 3.86. The van der Waals surface area contributed by atoms with Crippen LogP contribution in [0.2, 0.25) is 0 Å². The van der Waals surface area contributed by atoms with Gasteiger partial charge in [-0.25, -0.2) is 0 Å². The summed E-state index contributed by atoms with van der Waals surface area (Å²) in [5.74, 6) is 0. The third-order valence-electron chi connectivity index (χ3n) is 1.77. The van der Waals surface area contributed by atoms with Gasteiger partial charge in [0.2, 0.25) is 0 Å². The van der Waals surface area contributed by atoms with Crippen molar-refractivity contribution in [1.29, 1.82) is 0 Å². The molecule has 0 aliphatic carbocycles. The van der Waals surface area contributed by atoms with Crippen molar-refractivity contribution in [3.63, 3.8) is 0 Å². The van der Waals surface area contributed by atoms with Gasteiger partial charge in [-0.1, -0.05) is 22.6 Å². The molecular weight excluding hydrogens is 140 g/mol. The molecule has 11 heavy (non-hydrogen) atoms. The monoisotopic (exact) mass is 154 g/mol. The van der Waals surface area contributed by atoms with Gasteiger partial charge in [0.25, 0.3) is 0 Å². The lowest BCUT2D eigenvalue weighted by Gasteiger charge is -2.20. The molecule has 4 heteroatoms. The molecular formula is C7H14N4. The molecule has 0 aromatic rings. The minimum absolute atomic E-state index is 0.297. The average molecular weight is 154 g/mol. The number of hydrogen-bond donors (Lipinski definition) is 0. The van der Waals surface area contributed by atoms with Gasteiger partial charge in [0.15, 0.2) is 0 Å². The van der Waals surface area contributed by atoms with Crippen molar-refractivity contribution in [3.8, 4) is 0 Å². The van der Waals surface area contributed by atoms with E-state index in [1.807, 2.05) is 37.1 Å². The molecule has 0 atom stereocenters. The minimum atomic E-state index is 0.297. The van der Waals surface area contributed by atoms with E-state index in [0.717, 1.165) is 6.42 Å². The fourth-order valence-electron chi connectivity index (χ4n) is 1.05. The predicted octanol–water partition coefficient (Wildman–Crippen LogP) is 1.44. The first kappa shape index (κ1) is 8.04. The molecule has 0 amide bonds. The Morgan fingerprint density at radius 3 is 2.27 bits per heavy atom. The first-order valence-corrected chi connectivity index (χ1v) is 3.74. The van der Waals surface area contributed by atoms with Gasteiger partial charge >= 0.3 is 0 Å². The summed E-state index contributed by atoms with van der Waals surface area (Å²) in [6, 6.07) is 0. The molecule has 0 spiro atoms. The first-order valence-electron chi connectivity index (χ1n) is 3.74. The maximum atomic E-state index is 3.90. The molecule has 0 radical (unpaired) electrons. The second-order valence-corrected chi connectivity index (χ2v) is 2.61. The molecule has 0 aromatic heterocycles. The molecule has 4 nitrogen and oxygen atoms in total. The Hall–Kier alpha value is -1.06. The largest absolute Gasteiger partial charge is 0.256 e. The van der Waals surface area contributed by atoms with E-state index in [1.54, 1.807) is 0 Å². The van der Waals surface area contributed by atoms with Crippen LogP contribution in [0, 0.1) is 0 Å². The fourth-order valence-corrected chi connectivity index (χ4v) is 1.05. The summed E-state index contributed by atoms with van der Waals surface area (Å²) in [6.45, 7) is 2.02. The molecule has 0 saturated carbocycles. The number of hydrogen-bond acceptors (Lipinski definition) is 4. The Balaban J connectivity index is 2.45. The Kier molecular flexibility index (Phi) is 2.46. The molecule has 0 bridgehead atoms. The third-order valence-corrected chi connectivity index (χ3v) is 1.77. The quantitative estimate of drug-likeness (QED) is 0.563. The molecule has 0 fully saturated rings. The summed E-state index contributed by atoms with van der Waals surface area (Å²) in [5, 5.41) is 11.5. The lowest BCUT2D eigenvalue weighted by molar-refractivity contribution is 0.158. The summed E-state index contributed by atoms with van der Waals surface area (Å²) in [6.07, 6.45) is 5.43. The first-order chi connectivity index (χ1) is 5.25. The van der Waals surface area contributed by atoms with Crippen molar-refractivity contribution >= 4 is 0 Å². The Morgan fingerprint density at radius 1 is 1.27 bits per heavy atom. The van der Waals surface area contributed by atoms with Gasteiger partial charge in [-0.2, -0.15) is 0 Å². The van der Waals surface area contributed by atoms with E-state index in [2.05, 4.69) is 16.5 Å². The molecule has 1 rings (SSSR count). The zero-order valence-corrected chi connectivity index (χ0v) is 7.23. The Morgan fingerprint density at radius 2 is 1.82 bits per heavy atom. The highest BCUT2D eigenvalue weighted by atomic mass is 15.8. The van der Waals surface area contributed by atoms with Crippen LogP contribution < -0.4 is 0 Å². The van der Waals surface area contributed by atoms with Gasteiger partial charge in [-0.3, -0.25) is 10.0 Å². The maximum Gasteiger partial charge on any atom is 0.140 e. The van der Waals surface area contributed by atoms with Gasteiger partial charge in [0.05, 0.1) is 0 Å². The Labute approximate surface area is 67.1 Å². The van der Waals surface area contributed by atoms with E-state index in [9.17, 15) is 0 Å². The van der Waals surface area contributed by atoms with Gasteiger partial charge in [-0.15, -0.1) is 0 Å². The van der Waals surface area contributed by atoms with Crippen molar-refractivity contribution in [2.75, 3.05) is 14.1 Å². The van der Waals surface area contributed by atoms with E-state index in [-0.39, 0.29) is 0 Å². The molecule has 1 aliphatic heterocycles. The van der Waals surface area contributed by atoms with Gasteiger partial charge in [0, 0.05) is 20.5 Å². The number of nitrogens with zero attached hydrogens (tertiary/aromatic N) is 4. The SMILES string of the molecule is C/C=C/CC1N(C)N=NN1C. The van der Waals surface area contributed by atoms with E-state index in [1.165, 1.54) is 0 Å². The lowest BCUT2D eigenvalue weighted by atomic mass is 10.3. The number of rotatable bonds is 2. The normalized spacial score (nSPS) is 19.2. The summed E-state index contributed by atoms with van der Waals surface area (Å²) in [4.78, 5) is 0. The molecule has 1 heterocycles. The second-order valence-electron chi connectivity index (χ2n) is 2.61. The summed E-state index contributed by atoms with van der Waals surface area (Å²) in [5.41, 5.74) is 0. The second kappa shape index (κ2) is 3.37. The third kappa shape index (κ3) is 1.69. The summed E-state index contributed by atoms with van der Waals surface area (Å²) >= 11 is 0. The van der Waals surface area contributed by atoms with E-state index >= 15 is 0 Å². The van der Waals surface area contributed by atoms with Crippen molar-refractivity contribution in [3.05, 3.63) is 12.2 Å². The van der Waals surface area contributed by atoms with Crippen LogP contribution in [0.15, 0.2) is 22.6 Å². The lowest BCUT2D eigenvalue weighted by Crippen LogP contribution is -2.33. The zero-order valence-electron chi connectivity index (χ0n) is 7.23. The number of allylic oxidation sites excluding steroid dienone is 1. The standard InChI is InChI=1S/C7H14N4/c1-4-5-6-7-10(2)8-9-11(7)3/h4-5,7H,6H2,1-3H3/b5-4+. The molecule has 62 valence electrons.